The normalized spacial score (nSPS) is 13.0. The molecule has 0 aliphatic heterocycles. The number of hydrogen-bond donors (Lipinski definition) is 0. The number of Topliss-reactive ketones (excluding diaryl/α,β-unsaturated/α-hetero) is 1. The monoisotopic (exact) mass is 476 g/mol. The standard InChI is InChI=1S/C18H16BrCl3N2O2/c1-18(2,3)16(25)17(19)26-15-7-5-11(9-13(15)22)23-24-14-6-4-10(20)8-12(14)21/h4-9,17H,1-3H3. The lowest BCUT2D eigenvalue weighted by Crippen LogP contribution is -2.32. The molecular formula is C18H16BrCl3N2O2. The van der Waals surface area contributed by atoms with Crippen molar-refractivity contribution in [1.82, 2.24) is 0 Å². The van der Waals surface area contributed by atoms with Crippen LogP contribution < -0.4 is 4.74 Å². The fourth-order valence-electron chi connectivity index (χ4n) is 1.83. The highest BCUT2D eigenvalue weighted by molar-refractivity contribution is 9.09. The summed E-state index contributed by atoms with van der Waals surface area (Å²) in [7, 11) is 0. The highest BCUT2D eigenvalue weighted by Crippen LogP contribution is 2.34. The fraction of sp³-hybridized carbons (Fsp3) is 0.278. The van der Waals surface area contributed by atoms with Crippen molar-refractivity contribution >= 4 is 67.9 Å². The largest absolute Gasteiger partial charge is 0.470 e. The molecule has 0 fully saturated rings. The fourth-order valence-corrected chi connectivity index (χ4v) is 3.38. The van der Waals surface area contributed by atoms with Crippen LogP contribution in [0.5, 0.6) is 5.75 Å². The molecular weight excluding hydrogens is 462 g/mol. The Bertz CT molecular complexity index is 851. The Kier molecular flexibility index (Phi) is 7.08. The summed E-state index contributed by atoms with van der Waals surface area (Å²) in [6.45, 7) is 5.46. The first-order valence-electron chi connectivity index (χ1n) is 7.59. The molecule has 1 unspecified atom stereocenters. The van der Waals surface area contributed by atoms with Gasteiger partial charge in [0.1, 0.15) is 11.4 Å². The zero-order valence-corrected chi connectivity index (χ0v) is 18.1. The average Bonchev–Trinajstić information content (AvgIpc) is 2.54. The molecule has 0 heterocycles. The average molecular weight is 479 g/mol. The van der Waals surface area contributed by atoms with Crippen LogP contribution in [0, 0.1) is 5.41 Å². The van der Waals surface area contributed by atoms with Crippen LogP contribution in [0.4, 0.5) is 11.4 Å². The minimum Gasteiger partial charge on any atom is -0.470 e. The number of azo groups is 1. The van der Waals surface area contributed by atoms with Gasteiger partial charge in [-0.25, -0.2) is 0 Å². The Balaban J connectivity index is 2.14. The minimum atomic E-state index is -0.791. The first-order valence-corrected chi connectivity index (χ1v) is 9.64. The molecule has 0 bridgehead atoms. The van der Waals surface area contributed by atoms with Gasteiger partial charge in [-0.05, 0) is 52.3 Å². The predicted octanol–water partition coefficient (Wildman–Crippen LogP) is 7.78. The topological polar surface area (TPSA) is 51.0 Å². The van der Waals surface area contributed by atoms with Gasteiger partial charge in [0.25, 0.3) is 0 Å². The van der Waals surface area contributed by atoms with E-state index < -0.39 is 10.4 Å². The second-order valence-corrected chi connectivity index (χ2v) is 8.54. The van der Waals surface area contributed by atoms with E-state index in [0.29, 0.717) is 32.2 Å². The van der Waals surface area contributed by atoms with E-state index >= 15 is 0 Å². The first-order chi connectivity index (χ1) is 12.1. The summed E-state index contributed by atoms with van der Waals surface area (Å²) in [5, 5.41) is 8.62. The highest BCUT2D eigenvalue weighted by Gasteiger charge is 2.29. The molecule has 0 aliphatic carbocycles. The van der Waals surface area contributed by atoms with E-state index in [1.807, 2.05) is 20.8 Å². The van der Waals surface area contributed by atoms with Crippen LogP contribution in [-0.2, 0) is 4.79 Å². The molecule has 0 saturated carbocycles. The molecule has 2 aromatic carbocycles. The number of benzene rings is 2. The van der Waals surface area contributed by atoms with Crippen LogP contribution in [-0.4, -0.2) is 10.8 Å². The van der Waals surface area contributed by atoms with Crippen LogP contribution in [0.15, 0.2) is 46.6 Å². The Labute approximate surface area is 175 Å². The van der Waals surface area contributed by atoms with Gasteiger partial charge in [-0.1, -0.05) is 55.6 Å². The van der Waals surface area contributed by atoms with E-state index in [1.54, 1.807) is 36.4 Å². The molecule has 0 aromatic heterocycles. The number of carbonyl (C=O) groups excluding carboxylic acids is 1. The van der Waals surface area contributed by atoms with Crippen molar-refractivity contribution in [3.63, 3.8) is 0 Å². The zero-order chi connectivity index (χ0) is 19.5. The summed E-state index contributed by atoms with van der Waals surface area (Å²) in [5.41, 5.74) is 0.470. The molecule has 2 rings (SSSR count). The maximum absolute atomic E-state index is 12.2. The number of carbonyl (C=O) groups is 1. The van der Waals surface area contributed by atoms with E-state index in [4.69, 9.17) is 39.5 Å². The number of rotatable bonds is 5. The van der Waals surface area contributed by atoms with Gasteiger partial charge in [0.2, 0.25) is 5.01 Å². The van der Waals surface area contributed by atoms with E-state index in [-0.39, 0.29) is 5.78 Å². The van der Waals surface area contributed by atoms with Gasteiger partial charge >= 0.3 is 0 Å². The molecule has 0 aliphatic rings. The third-order valence-corrected chi connectivity index (χ3v) is 4.71. The molecule has 1 atom stereocenters. The smallest absolute Gasteiger partial charge is 0.211 e. The zero-order valence-electron chi connectivity index (χ0n) is 14.3. The quantitative estimate of drug-likeness (QED) is 0.325. The second kappa shape index (κ2) is 8.70. The number of alkyl halides is 1. The summed E-state index contributed by atoms with van der Waals surface area (Å²) < 4.78 is 5.61. The lowest BCUT2D eigenvalue weighted by Gasteiger charge is -2.21. The lowest BCUT2D eigenvalue weighted by molar-refractivity contribution is -0.129. The summed E-state index contributed by atoms with van der Waals surface area (Å²) in [6.07, 6.45) is 0. The number of ether oxygens (including phenoxy) is 1. The van der Waals surface area contributed by atoms with Crippen molar-refractivity contribution in [1.29, 1.82) is 0 Å². The summed E-state index contributed by atoms with van der Waals surface area (Å²) >= 11 is 21.4. The first kappa shape index (κ1) is 21.2. The van der Waals surface area contributed by atoms with Crippen LogP contribution in [0.2, 0.25) is 15.1 Å². The van der Waals surface area contributed by atoms with Gasteiger partial charge in [0.05, 0.1) is 15.7 Å². The SMILES string of the molecule is CC(C)(C)C(=O)C(Br)Oc1ccc(N=Nc2ccc(Cl)cc2Cl)cc1Cl. The van der Waals surface area contributed by atoms with Crippen molar-refractivity contribution in [2.75, 3.05) is 0 Å². The van der Waals surface area contributed by atoms with Crippen molar-refractivity contribution < 1.29 is 9.53 Å². The predicted molar refractivity (Wildman–Crippen MR) is 110 cm³/mol. The highest BCUT2D eigenvalue weighted by atomic mass is 79.9. The minimum absolute atomic E-state index is 0.0882. The van der Waals surface area contributed by atoms with Crippen LogP contribution in [0.1, 0.15) is 20.8 Å². The molecule has 138 valence electrons. The summed E-state index contributed by atoms with van der Waals surface area (Å²) in [5.74, 6) is 0.282. The molecule has 0 N–H and O–H groups in total. The Morgan fingerprint density at radius 2 is 1.73 bits per heavy atom. The Morgan fingerprint density at radius 1 is 1.04 bits per heavy atom. The summed E-state index contributed by atoms with van der Waals surface area (Å²) in [6, 6.07) is 9.82. The number of nitrogens with zero attached hydrogens (tertiary/aromatic N) is 2. The molecule has 4 nitrogen and oxygen atoms in total. The van der Waals surface area contributed by atoms with Crippen LogP contribution >= 0.6 is 50.7 Å². The van der Waals surface area contributed by atoms with Gasteiger partial charge in [-0.3, -0.25) is 4.79 Å². The maximum Gasteiger partial charge on any atom is 0.211 e. The van der Waals surface area contributed by atoms with Crippen molar-refractivity contribution in [3.8, 4) is 5.75 Å². The number of ketones is 1. The molecule has 0 saturated heterocycles. The van der Waals surface area contributed by atoms with Crippen LogP contribution in [0.25, 0.3) is 0 Å². The van der Waals surface area contributed by atoms with Crippen molar-refractivity contribution in [2.45, 2.75) is 25.8 Å². The maximum atomic E-state index is 12.2. The lowest BCUT2D eigenvalue weighted by atomic mass is 9.91. The second-order valence-electron chi connectivity index (χ2n) is 6.46. The van der Waals surface area contributed by atoms with Gasteiger partial charge in [-0.2, -0.15) is 5.11 Å². The van der Waals surface area contributed by atoms with E-state index in [1.165, 1.54) is 0 Å². The summed E-state index contributed by atoms with van der Waals surface area (Å²) in [4.78, 5) is 12.2. The van der Waals surface area contributed by atoms with Crippen LogP contribution in [0.3, 0.4) is 0 Å². The number of halogens is 4. The molecule has 2 aromatic rings. The van der Waals surface area contributed by atoms with Gasteiger partial charge in [0, 0.05) is 10.4 Å². The van der Waals surface area contributed by atoms with Gasteiger partial charge in [0.15, 0.2) is 5.78 Å². The Hall–Kier alpha value is -1.14. The Morgan fingerprint density at radius 3 is 2.31 bits per heavy atom. The molecule has 0 radical (unpaired) electrons. The number of hydrogen-bond acceptors (Lipinski definition) is 4. The van der Waals surface area contributed by atoms with Crippen molar-refractivity contribution in [2.24, 2.45) is 15.6 Å². The van der Waals surface area contributed by atoms with E-state index in [9.17, 15) is 4.79 Å². The molecule has 8 heteroatoms. The van der Waals surface area contributed by atoms with Crippen molar-refractivity contribution in [3.05, 3.63) is 51.5 Å². The van der Waals surface area contributed by atoms with Gasteiger partial charge < -0.3 is 4.74 Å². The third-order valence-electron chi connectivity index (χ3n) is 3.27. The van der Waals surface area contributed by atoms with E-state index in [0.717, 1.165) is 0 Å². The molecule has 26 heavy (non-hydrogen) atoms. The molecule has 0 spiro atoms. The van der Waals surface area contributed by atoms with E-state index in [2.05, 4.69) is 26.2 Å². The third kappa shape index (κ3) is 5.68. The molecule has 0 amide bonds. The van der Waals surface area contributed by atoms with Gasteiger partial charge in [-0.15, -0.1) is 5.11 Å².